The Morgan fingerprint density at radius 3 is 2.32 bits per heavy atom. The predicted molar refractivity (Wildman–Crippen MR) is 91.0 cm³/mol. The number of fused-ring (bicyclic) bond motifs is 1. The molecule has 0 unspecified atom stereocenters. The number of rotatable bonds is 7. The van der Waals surface area contributed by atoms with Crippen LogP contribution in [0.15, 0.2) is 29.2 Å². The molecule has 0 bridgehead atoms. The molecule has 0 atom stereocenters. The summed E-state index contributed by atoms with van der Waals surface area (Å²) in [6, 6.07) is 5.04. The van der Waals surface area contributed by atoms with Crippen molar-refractivity contribution >= 4 is 36.7 Å². The molecule has 0 fully saturated rings. The van der Waals surface area contributed by atoms with Gasteiger partial charge < -0.3 is 15.6 Å². The van der Waals surface area contributed by atoms with Crippen molar-refractivity contribution in [3.05, 3.63) is 24.3 Å². The summed E-state index contributed by atoms with van der Waals surface area (Å²) in [5, 5.41) is 10.6. The molecule has 2 rings (SSSR count). The molecule has 0 spiro atoms. The third kappa shape index (κ3) is 4.95. The first kappa shape index (κ1) is 19.2. The Hall–Kier alpha value is -2.08. The van der Waals surface area contributed by atoms with Crippen LogP contribution in [-0.2, 0) is 20.2 Å². The summed E-state index contributed by atoms with van der Waals surface area (Å²) in [4.78, 5) is -0.419. The van der Waals surface area contributed by atoms with Crippen molar-refractivity contribution in [2.45, 2.75) is 17.7 Å². The van der Waals surface area contributed by atoms with E-state index in [1.165, 1.54) is 12.1 Å². The number of aromatic hydroxyl groups is 1. The van der Waals surface area contributed by atoms with Gasteiger partial charge in [0.25, 0.3) is 20.2 Å². The van der Waals surface area contributed by atoms with Gasteiger partial charge in [-0.1, -0.05) is 6.07 Å². The van der Waals surface area contributed by atoms with Crippen LogP contribution in [0.5, 0.6) is 11.5 Å². The molecule has 0 aliphatic heterocycles. The van der Waals surface area contributed by atoms with Crippen molar-refractivity contribution in [2.24, 2.45) is 0 Å². The van der Waals surface area contributed by atoms with E-state index in [9.17, 15) is 26.5 Å². The SMILES string of the molecule is Nc1ccc2cc(S(=O)(=O)O)cc(OCCCCS(=O)(=O)O)c2c1O. The number of unbranched alkanes of at least 4 members (excludes halogenated alkanes) is 1. The van der Waals surface area contributed by atoms with Gasteiger partial charge in [0.15, 0.2) is 0 Å². The molecule has 138 valence electrons. The maximum absolute atomic E-state index is 11.4. The van der Waals surface area contributed by atoms with Crippen LogP contribution in [0.2, 0.25) is 0 Å². The Balaban J connectivity index is 2.34. The number of phenolic OH excluding ortho intramolecular Hbond substituents is 1. The van der Waals surface area contributed by atoms with Gasteiger partial charge in [0, 0.05) is 6.07 Å². The first-order chi connectivity index (χ1) is 11.5. The van der Waals surface area contributed by atoms with Crippen molar-refractivity contribution in [2.75, 3.05) is 18.1 Å². The van der Waals surface area contributed by atoms with Crippen molar-refractivity contribution in [1.29, 1.82) is 0 Å². The van der Waals surface area contributed by atoms with Gasteiger partial charge in [-0.05, 0) is 30.4 Å². The average Bonchev–Trinajstić information content (AvgIpc) is 2.48. The molecule has 11 heteroatoms. The number of nitrogen functional groups attached to an aromatic ring is 1. The van der Waals surface area contributed by atoms with E-state index in [1.807, 2.05) is 0 Å². The number of hydrogen-bond acceptors (Lipinski definition) is 7. The Morgan fingerprint density at radius 1 is 1.04 bits per heavy atom. The number of nitrogens with two attached hydrogens (primary N) is 1. The van der Waals surface area contributed by atoms with E-state index < -0.39 is 30.9 Å². The Kier molecular flexibility index (Phi) is 5.42. The van der Waals surface area contributed by atoms with Gasteiger partial charge in [-0.15, -0.1) is 0 Å². The van der Waals surface area contributed by atoms with Crippen molar-refractivity contribution in [3.63, 3.8) is 0 Å². The van der Waals surface area contributed by atoms with Crippen LogP contribution in [0.25, 0.3) is 10.8 Å². The lowest BCUT2D eigenvalue weighted by molar-refractivity contribution is 0.311. The molecule has 0 radical (unpaired) electrons. The fourth-order valence-corrected chi connectivity index (χ4v) is 3.33. The third-order valence-corrected chi connectivity index (χ3v) is 5.05. The van der Waals surface area contributed by atoms with Crippen molar-refractivity contribution < 1.29 is 35.8 Å². The van der Waals surface area contributed by atoms with Crippen molar-refractivity contribution in [3.8, 4) is 11.5 Å². The summed E-state index contributed by atoms with van der Waals surface area (Å²) in [6.45, 7) is -0.00616. The van der Waals surface area contributed by atoms with Crippen LogP contribution in [0.1, 0.15) is 12.8 Å². The average molecular weight is 391 g/mol. The van der Waals surface area contributed by atoms with Crippen LogP contribution in [0.4, 0.5) is 5.69 Å². The van der Waals surface area contributed by atoms with Crippen LogP contribution in [0.3, 0.4) is 0 Å². The lowest BCUT2D eigenvalue weighted by Gasteiger charge is -2.13. The fraction of sp³-hybridized carbons (Fsp3) is 0.286. The molecular weight excluding hydrogens is 374 g/mol. The standard InChI is InChI=1S/C14H17NO8S2/c15-11-4-3-9-7-10(25(20,21)22)8-12(13(9)14(11)16)23-5-1-2-6-24(17,18)19/h3-4,7-8,16H,1-2,5-6,15H2,(H,17,18,19)(H,20,21,22). The summed E-state index contributed by atoms with van der Waals surface area (Å²) in [7, 11) is -8.57. The number of hydrogen-bond donors (Lipinski definition) is 4. The molecule has 2 aromatic rings. The predicted octanol–water partition coefficient (Wildman–Crippen LogP) is 1.42. The molecule has 2 aromatic carbocycles. The molecule has 0 saturated carbocycles. The fourth-order valence-electron chi connectivity index (χ4n) is 2.23. The first-order valence-electron chi connectivity index (χ1n) is 7.10. The minimum atomic E-state index is -4.50. The van der Waals surface area contributed by atoms with E-state index in [2.05, 4.69) is 0 Å². The van der Waals surface area contributed by atoms with Crippen LogP contribution in [0, 0.1) is 0 Å². The van der Waals surface area contributed by atoms with E-state index >= 15 is 0 Å². The minimum absolute atomic E-state index is 0.00616. The van der Waals surface area contributed by atoms with Gasteiger partial charge >= 0.3 is 0 Å². The summed E-state index contributed by atoms with van der Waals surface area (Å²) < 4.78 is 67.4. The summed E-state index contributed by atoms with van der Waals surface area (Å²) in [6.07, 6.45) is 0.378. The zero-order chi connectivity index (χ0) is 18.8. The Morgan fingerprint density at radius 2 is 1.72 bits per heavy atom. The highest BCUT2D eigenvalue weighted by molar-refractivity contribution is 7.86. The second-order valence-corrected chi connectivity index (χ2v) is 8.33. The number of ether oxygens (including phenoxy) is 1. The summed E-state index contributed by atoms with van der Waals surface area (Å²) in [5.74, 6) is -0.755. The second-order valence-electron chi connectivity index (χ2n) is 5.34. The minimum Gasteiger partial charge on any atom is -0.505 e. The van der Waals surface area contributed by atoms with Gasteiger partial charge in [-0.3, -0.25) is 9.11 Å². The highest BCUT2D eigenvalue weighted by atomic mass is 32.2. The first-order valence-corrected chi connectivity index (χ1v) is 10.1. The maximum Gasteiger partial charge on any atom is 0.294 e. The molecule has 0 amide bonds. The number of benzene rings is 2. The molecule has 0 aliphatic carbocycles. The lowest BCUT2D eigenvalue weighted by Crippen LogP contribution is -2.07. The molecule has 5 N–H and O–H groups in total. The van der Waals surface area contributed by atoms with E-state index in [0.29, 0.717) is 0 Å². The molecule has 0 saturated heterocycles. The van der Waals surface area contributed by atoms with Crippen LogP contribution in [-0.4, -0.2) is 43.4 Å². The number of phenols is 1. The lowest BCUT2D eigenvalue weighted by atomic mass is 10.1. The van der Waals surface area contributed by atoms with E-state index in [1.54, 1.807) is 0 Å². The third-order valence-electron chi connectivity index (χ3n) is 3.41. The van der Waals surface area contributed by atoms with Gasteiger partial charge in [-0.25, -0.2) is 0 Å². The van der Waals surface area contributed by atoms with E-state index in [-0.39, 0.29) is 47.4 Å². The smallest absolute Gasteiger partial charge is 0.294 e. The zero-order valence-corrected chi connectivity index (χ0v) is 14.5. The highest BCUT2D eigenvalue weighted by Gasteiger charge is 2.17. The monoisotopic (exact) mass is 391 g/mol. The highest BCUT2D eigenvalue weighted by Crippen LogP contribution is 2.39. The molecule has 9 nitrogen and oxygen atoms in total. The summed E-state index contributed by atoms with van der Waals surface area (Å²) in [5.41, 5.74) is 5.69. The topological polar surface area (TPSA) is 164 Å². The number of anilines is 1. The molecule has 0 aromatic heterocycles. The largest absolute Gasteiger partial charge is 0.505 e. The van der Waals surface area contributed by atoms with Gasteiger partial charge in [-0.2, -0.15) is 16.8 Å². The maximum atomic E-state index is 11.4. The van der Waals surface area contributed by atoms with Gasteiger partial charge in [0.1, 0.15) is 11.5 Å². The Labute approximate surface area is 144 Å². The second kappa shape index (κ2) is 7.04. The van der Waals surface area contributed by atoms with E-state index in [4.69, 9.17) is 15.0 Å². The van der Waals surface area contributed by atoms with Crippen molar-refractivity contribution in [1.82, 2.24) is 0 Å². The molecule has 25 heavy (non-hydrogen) atoms. The molecular formula is C14H17NO8S2. The quantitative estimate of drug-likeness (QED) is 0.236. The van der Waals surface area contributed by atoms with Crippen LogP contribution >= 0.6 is 0 Å². The van der Waals surface area contributed by atoms with Gasteiger partial charge in [0.2, 0.25) is 0 Å². The van der Waals surface area contributed by atoms with Gasteiger partial charge in [0.05, 0.1) is 28.3 Å². The molecule has 0 heterocycles. The summed E-state index contributed by atoms with van der Waals surface area (Å²) >= 11 is 0. The van der Waals surface area contributed by atoms with E-state index in [0.717, 1.165) is 12.1 Å². The van der Waals surface area contributed by atoms with Crippen LogP contribution < -0.4 is 10.5 Å². The Bertz CT molecular complexity index is 999. The molecule has 0 aliphatic rings. The normalized spacial score (nSPS) is 12.4. The zero-order valence-electron chi connectivity index (χ0n) is 12.9.